The van der Waals surface area contributed by atoms with Crippen molar-refractivity contribution in [3.8, 4) is 0 Å². The van der Waals surface area contributed by atoms with Crippen molar-refractivity contribution in [1.82, 2.24) is 0 Å². The molecule has 0 saturated carbocycles. The number of hydrogen-bond donors (Lipinski definition) is 5. The Morgan fingerprint density at radius 3 is 1.37 bits per heavy atom. The van der Waals surface area contributed by atoms with E-state index in [0.29, 0.717) is 5.33 Å². The number of alkyl halides is 3. The summed E-state index contributed by atoms with van der Waals surface area (Å²) < 4.78 is 20.2. The van der Waals surface area contributed by atoms with E-state index in [-0.39, 0.29) is 10.0 Å². The highest BCUT2D eigenvalue weighted by atomic mass is 79.9. The molecule has 0 spiro atoms. The first-order chi connectivity index (χ1) is 12.7. The molecule has 0 fully saturated rings. The molecule has 2 unspecified atom stereocenters. The highest BCUT2D eigenvalue weighted by Crippen LogP contribution is 2.04. The van der Waals surface area contributed by atoms with Gasteiger partial charge in [-0.3, -0.25) is 14.0 Å². The average Bonchev–Trinajstić information content (AvgIpc) is 2.61. The molecule has 0 aliphatic rings. The number of esters is 1. The first-order valence-corrected chi connectivity index (χ1v) is 10.5. The molecular weight excluding hydrogens is 567 g/mol. The zero-order valence-corrected chi connectivity index (χ0v) is 20.3. The topological polar surface area (TPSA) is 145 Å². The van der Waals surface area contributed by atoms with Crippen molar-refractivity contribution in [2.75, 3.05) is 17.8 Å². The van der Waals surface area contributed by atoms with Crippen LogP contribution in [-0.2, 0) is 14.3 Å². The lowest BCUT2D eigenvalue weighted by molar-refractivity contribution is -0.154. The number of aliphatic hydroxyl groups excluding tert-OH is 5. The summed E-state index contributed by atoms with van der Waals surface area (Å²) in [6, 6.07) is 0. The summed E-state index contributed by atoms with van der Waals surface area (Å²) >= 11 is 8.52. The summed E-state index contributed by atoms with van der Waals surface area (Å²) in [5, 5.41) is 44.5. The zero-order chi connectivity index (χ0) is 23.4. The van der Waals surface area contributed by atoms with Gasteiger partial charge in [0, 0.05) is 0 Å². The Labute approximate surface area is 185 Å². The minimum Gasteiger partial charge on any atom is -0.459 e. The maximum absolute atomic E-state index is 10.7. The van der Waals surface area contributed by atoms with Crippen LogP contribution in [-0.4, -0.2) is 90.6 Å². The molecule has 166 valence electrons. The van der Waals surface area contributed by atoms with Crippen LogP contribution in [0.2, 0.25) is 0 Å². The molecule has 0 aromatic carbocycles. The van der Waals surface area contributed by atoms with Crippen LogP contribution in [0.3, 0.4) is 0 Å². The molecule has 5 atom stereocenters. The Morgan fingerprint density at radius 1 is 0.926 bits per heavy atom. The van der Waals surface area contributed by atoms with E-state index in [9.17, 15) is 19.1 Å². The Kier molecular flexibility index (Phi) is 26.8. The molecule has 0 radical (unpaired) electrons. The standard InChI is InChI=1S/C7H13BrO4.C5H12O3.C2H2Br2O.CH3F/c1-4(9)7(11)5(2)12-6(10)3-8;1-3(6)5(8)4(2)7;3-1-2(4)5;1-2/h4-5,7,9,11H,3H2,1-2H3;3-8H,1-2H3;1H2;1H3/t4-,5+,7-;;;/m1.../s1/i;;;1D. The van der Waals surface area contributed by atoms with Gasteiger partial charge in [-0.05, 0) is 43.6 Å². The van der Waals surface area contributed by atoms with E-state index in [2.05, 4.69) is 47.8 Å². The van der Waals surface area contributed by atoms with Gasteiger partial charge in [-0.2, -0.15) is 0 Å². The summed E-state index contributed by atoms with van der Waals surface area (Å²) in [5.74, 6) is -0.456. The maximum Gasteiger partial charge on any atom is 0.316 e. The molecule has 8 nitrogen and oxygen atoms in total. The number of aliphatic hydroxyl groups is 5. The van der Waals surface area contributed by atoms with Gasteiger partial charge in [0.05, 0.1) is 32.2 Å². The Balaban J connectivity index is -0.000000155. The normalized spacial score (nSPS) is 16.7. The van der Waals surface area contributed by atoms with Crippen molar-refractivity contribution >= 4 is 58.5 Å². The summed E-state index contributed by atoms with van der Waals surface area (Å²) in [7, 11) is -1.00. The van der Waals surface area contributed by atoms with E-state index in [1.165, 1.54) is 27.7 Å². The van der Waals surface area contributed by atoms with Gasteiger partial charge in [0.2, 0.25) is 4.69 Å². The van der Waals surface area contributed by atoms with Crippen LogP contribution in [0.25, 0.3) is 0 Å². The zero-order valence-electron chi connectivity index (χ0n) is 16.6. The van der Waals surface area contributed by atoms with Gasteiger partial charge in [-0.1, -0.05) is 31.9 Å². The minimum absolute atomic E-state index is 0.0162. The molecular formula is C15H30Br3FO8. The highest BCUT2D eigenvalue weighted by molar-refractivity contribution is 9.19. The van der Waals surface area contributed by atoms with Crippen molar-refractivity contribution in [3.63, 3.8) is 0 Å². The Morgan fingerprint density at radius 2 is 1.22 bits per heavy atom. The van der Waals surface area contributed by atoms with E-state index >= 15 is 0 Å². The highest BCUT2D eigenvalue weighted by Gasteiger charge is 2.22. The van der Waals surface area contributed by atoms with E-state index < -0.39 is 49.7 Å². The Bertz CT molecular complexity index is 371. The lowest BCUT2D eigenvalue weighted by Gasteiger charge is -2.20. The fourth-order valence-corrected chi connectivity index (χ4v) is 1.24. The fraction of sp³-hybridized carbons (Fsp3) is 0.867. The maximum atomic E-state index is 10.7. The molecule has 0 aromatic rings. The second-order valence-corrected chi connectivity index (χ2v) is 7.03. The lowest BCUT2D eigenvalue weighted by atomic mass is 10.1. The molecule has 0 bridgehead atoms. The van der Waals surface area contributed by atoms with Crippen molar-refractivity contribution < 1.29 is 45.6 Å². The Hall–Kier alpha value is 0.310. The molecule has 0 aromatic heterocycles. The third kappa shape index (κ3) is 26.3. The monoisotopic (exact) mass is 595 g/mol. The van der Waals surface area contributed by atoms with Crippen LogP contribution in [0.5, 0.6) is 0 Å². The van der Waals surface area contributed by atoms with E-state index in [1.54, 1.807) is 0 Å². The van der Waals surface area contributed by atoms with Crippen LogP contribution < -0.4 is 0 Å². The predicted octanol–water partition coefficient (Wildman–Crippen LogP) is 1.05. The van der Waals surface area contributed by atoms with Gasteiger partial charge in [0.15, 0.2) is 0 Å². The molecule has 27 heavy (non-hydrogen) atoms. The van der Waals surface area contributed by atoms with Crippen molar-refractivity contribution in [1.29, 1.82) is 0 Å². The van der Waals surface area contributed by atoms with Crippen LogP contribution in [0.15, 0.2) is 0 Å². The molecule has 0 heterocycles. The summed E-state index contributed by atoms with van der Waals surface area (Å²) in [5.41, 5.74) is 0. The molecule has 0 aliphatic carbocycles. The number of halogens is 4. The fourth-order valence-electron chi connectivity index (χ4n) is 1.10. The van der Waals surface area contributed by atoms with Gasteiger partial charge in [0.1, 0.15) is 23.6 Å². The molecule has 12 heteroatoms. The molecule has 0 rings (SSSR count). The van der Waals surface area contributed by atoms with Crippen LogP contribution in [0, 0.1) is 0 Å². The van der Waals surface area contributed by atoms with Gasteiger partial charge in [-0.15, -0.1) is 0 Å². The average molecular weight is 598 g/mol. The van der Waals surface area contributed by atoms with Gasteiger partial charge in [0.25, 0.3) is 0 Å². The van der Waals surface area contributed by atoms with Crippen molar-refractivity contribution in [2.24, 2.45) is 0 Å². The molecule has 5 N–H and O–H groups in total. The van der Waals surface area contributed by atoms with Crippen LogP contribution >= 0.6 is 47.8 Å². The van der Waals surface area contributed by atoms with E-state index in [1.807, 2.05) is 0 Å². The van der Waals surface area contributed by atoms with Gasteiger partial charge < -0.3 is 30.3 Å². The van der Waals surface area contributed by atoms with Gasteiger partial charge >= 0.3 is 5.97 Å². The largest absolute Gasteiger partial charge is 0.459 e. The van der Waals surface area contributed by atoms with Crippen molar-refractivity contribution in [3.05, 3.63) is 0 Å². The number of carbonyl (C=O) groups excluding carboxylic acids is 2. The van der Waals surface area contributed by atoms with Crippen LogP contribution in [0.4, 0.5) is 4.39 Å². The van der Waals surface area contributed by atoms with Crippen molar-refractivity contribution in [2.45, 2.75) is 64.3 Å². The van der Waals surface area contributed by atoms with E-state index in [4.69, 9.17) is 26.5 Å². The summed E-state index contributed by atoms with van der Waals surface area (Å²) in [6.45, 7) is 5.82. The summed E-state index contributed by atoms with van der Waals surface area (Å²) in [6.07, 6.45) is -5.34. The molecule has 0 aliphatic heterocycles. The third-order valence-electron chi connectivity index (χ3n) is 2.50. The van der Waals surface area contributed by atoms with E-state index in [0.717, 1.165) is 0 Å². The number of hydrogen-bond acceptors (Lipinski definition) is 8. The molecule has 0 amide bonds. The quantitative estimate of drug-likeness (QED) is 0.166. The minimum atomic E-state index is -1.03. The predicted molar refractivity (Wildman–Crippen MR) is 111 cm³/mol. The second kappa shape index (κ2) is 22.6. The summed E-state index contributed by atoms with van der Waals surface area (Å²) in [4.78, 5) is 20.4. The SMILES string of the molecule is CC(O)C(O)C(C)O.C[C@H](OC(=O)CBr)[C@H](O)[C@@H](C)O.O=C(Br)CBr.[2H]CF. The number of rotatable bonds is 7. The smallest absolute Gasteiger partial charge is 0.316 e. The lowest BCUT2D eigenvalue weighted by Crippen LogP contribution is -2.36. The first-order valence-electron chi connectivity index (χ1n) is 8.19. The van der Waals surface area contributed by atoms with Crippen LogP contribution in [0.1, 0.15) is 29.1 Å². The first kappa shape index (κ1) is 32.0. The van der Waals surface area contributed by atoms with Gasteiger partial charge in [-0.25, -0.2) is 0 Å². The second-order valence-electron chi connectivity index (χ2n) is 5.02. The molecule has 0 saturated heterocycles. The third-order valence-corrected chi connectivity index (χ3v) is 4.50. The number of carbonyl (C=O) groups is 2. The number of ether oxygens (including phenoxy) is 1.